The summed E-state index contributed by atoms with van der Waals surface area (Å²) in [5.74, 6) is 0. The predicted molar refractivity (Wildman–Crippen MR) is 80.6 cm³/mol. The van der Waals surface area contributed by atoms with Crippen LogP contribution in [0.3, 0.4) is 0 Å². The molecule has 1 N–H and O–H groups in total. The standard InChI is InChI=1S/C15H15N3S/c1-10-15(19-9-17-10)11(2)18-13-5-6-14-12(8-13)4-3-7-16-14/h3-9,11,18H,1-2H3. The molecule has 3 rings (SSSR count). The molecule has 96 valence electrons. The second kappa shape index (κ2) is 4.97. The van der Waals surface area contributed by atoms with Gasteiger partial charge in [0, 0.05) is 22.1 Å². The molecule has 0 radical (unpaired) electrons. The van der Waals surface area contributed by atoms with Crippen LogP contribution in [-0.4, -0.2) is 9.97 Å². The van der Waals surface area contributed by atoms with E-state index < -0.39 is 0 Å². The molecule has 1 atom stereocenters. The fraction of sp³-hybridized carbons (Fsp3) is 0.200. The molecule has 0 bridgehead atoms. The van der Waals surface area contributed by atoms with Crippen LogP contribution in [-0.2, 0) is 0 Å². The van der Waals surface area contributed by atoms with E-state index in [0.29, 0.717) is 0 Å². The van der Waals surface area contributed by atoms with Crippen molar-refractivity contribution in [2.24, 2.45) is 0 Å². The van der Waals surface area contributed by atoms with Gasteiger partial charge in [-0.15, -0.1) is 11.3 Å². The van der Waals surface area contributed by atoms with E-state index in [2.05, 4.69) is 40.4 Å². The second-order valence-electron chi connectivity index (χ2n) is 4.58. The first kappa shape index (κ1) is 12.1. The number of pyridine rings is 1. The van der Waals surface area contributed by atoms with Crippen molar-refractivity contribution in [3.05, 3.63) is 52.6 Å². The maximum atomic E-state index is 4.33. The van der Waals surface area contributed by atoms with Crippen molar-refractivity contribution in [3.63, 3.8) is 0 Å². The number of anilines is 1. The van der Waals surface area contributed by atoms with E-state index in [9.17, 15) is 0 Å². The van der Waals surface area contributed by atoms with Crippen LogP contribution in [0, 0.1) is 6.92 Å². The van der Waals surface area contributed by atoms with Gasteiger partial charge in [0.1, 0.15) is 0 Å². The molecule has 0 saturated carbocycles. The Bertz CT molecular complexity index is 705. The minimum atomic E-state index is 0.265. The molecule has 2 aromatic heterocycles. The molecule has 2 heterocycles. The Morgan fingerprint density at radius 3 is 2.89 bits per heavy atom. The molecule has 4 heteroatoms. The molecular weight excluding hydrogens is 254 g/mol. The summed E-state index contributed by atoms with van der Waals surface area (Å²) in [7, 11) is 0. The Kier molecular flexibility index (Phi) is 3.17. The highest BCUT2D eigenvalue weighted by molar-refractivity contribution is 7.09. The molecule has 1 aromatic carbocycles. The largest absolute Gasteiger partial charge is 0.378 e. The quantitative estimate of drug-likeness (QED) is 0.775. The van der Waals surface area contributed by atoms with E-state index in [1.165, 1.54) is 4.88 Å². The van der Waals surface area contributed by atoms with Gasteiger partial charge in [0.05, 0.1) is 22.8 Å². The van der Waals surface area contributed by atoms with Gasteiger partial charge in [0.2, 0.25) is 0 Å². The molecule has 0 amide bonds. The Labute approximate surface area is 116 Å². The molecule has 0 spiro atoms. The van der Waals surface area contributed by atoms with Crippen molar-refractivity contribution in [2.75, 3.05) is 5.32 Å². The lowest BCUT2D eigenvalue weighted by molar-refractivity contribution is 0.891. The van der Waals surface area contributed by atoms with Crippen LogP contribution < -0.4 is 5.32 Å². The number of thiazole rings is 1. The number of benzene rings is 1. The highest BCUT2D eigenvalue weighted by atomic mass is 32.1. The molecule has 0 aliphatic rings. The van der Waals surface area contributed by atoms with Gasteiger partial charge >= 0.3 is 0 Å². The zero-order valence-electron chi connectivity index (χ0n) is 10.9. The van der Waals surface area contributed by atoms with E-state index in [4.69, 9.17) is 0 Å². The van der Waals surface area contributed by atoms with Crippen molar-refractivity contribution >= 4 is 27.9 Å². The summed E-state index contributed by atoms with van der Waals surface area (Å²) in [6.45, 7) is 4.21. The van der Waals surface area contributed by atoms with Crippen LogP contribution in [0.4, 0.5) is 5.69 Å². The summed E-state index contributed by atoms with van der Waals surface area (Å²) in [6.07, 6.45) is 1.82. The number of nitrogens with zero attached hydrogens (tertiary/aromatic N) is 2. The Morgan fingerprint density at radius 2 is 2.11 bits per heavy atom. The summed E-state index contributed by atoms with van der Waals surface area (Å²) in [6, 6.07) is 10.6. The molecule has 0 aliphatic carbocycles. The third kappa shape index (κ3) is 2.44. The van der Waals surface area contributed by atoms with Crippen LogP contribution in [0.2, 0.25) is 0 Å². The third-order valence-electron chi connectivity index (χ3n) is 3.16. The number of aryl methyl sites for hydroxylation is 1. The van der Waals surface area contributed by atoms with E-state index >= 15 is 0 Å². The van der Waals surface area contributed by atoms with E-state index in [1.807, 2.05) is 30.8 Å². The third-order valence-corrected chi connectivity index (χ3v) is 4.28. The summed E-state index contributed by atoms with van der Waals surface area (Å²) in [5, 5.41) is 4.67. The van der Waals surface area contributed by atoms with Crippen molar-refractivity contribution in [1.29, 1.82) is 0 Å². The maximum Gasteiger partial charge on any atom is 0.0798 e. The van der Waals surface area contributed by atoms with Crippen molar-refractivity contribution in [3.8, 4) is 0 Å². The van der Waals surface area contributed by atoms with Gasteiger partial charge in [-0.05, 0) is 38.1 Å². The SMILES string of the molecule is Cc1ncsc1C(C)Nc1ccc2ncccc2c1. The van der Waals surface area contributed by atoms with Gasteiger partial charge < -0.3 is 5.32 Å². The van der Waals surface area contributed by atoms with Crippen LogP contribution in [0.1, 0.15) is 23.5 Å². The number of nitrogens with one attached hydrogen (secondary N) is 1. The fourth-order valence-corrected chi connectivity index (χ4v) is 3.02. The Balaban J connectivity index is 1.87. The number of aromatic nitrogens is 2. The van der Waals surface area contributed by atoms with Crippen LogP contribution in [0.15, 0.2) is 42.0 Å². The number of rotatable bonds is 3. The number of hydrogen-bond donors (Lipinski definition) is 1. The molecule has 19 heavy (non-hydrogen) atoms. The first-order valence-electron chi connectivity index (χ1n) is 6.25. The van der Waals surface area contributed by atoms with Gasteiger partial charge in [0.25, 0.3) is 0 Å². The van der Waals surface area contributed by atoms with Crippen LogP contribution in [0.25, 0.3) is 10.9 Å². The lowest BCUT2D eigenvalue weighted by Crippen LogP contribution is -2.06. The van der Waals surface area contributed by atoms with Crippen molar-refractivity contribution in [1.82, 2.24) is 9.97 Å². The number of hydrogen-bond acceptors (Lipinski definition) is 4. The highest BCUT2D eigenvalue weighted by Crippen LogP contribution is 2.26. The van der Waals surface area contributed by atoms with Gasteiger partial charge in [-0.3, -0.25) is 4.98 Å². The zero-order chi connectivity index (χ0) is 13.2. The van der Waals surface area contributed by atoms with E-state index in [-0.39, 0.29) is 6.04 Å². The minimum Gasteiger partial charge on any atom is -0.378 e. The smallest absolute Gasteiger partial charge is 0.0798 e. The molecule has 0 fully saturated rings. The molecule has 0 aliphatic heterocycles. The lowest BCUT2D eigenvalue weighted by atomic mass is 10.1. The van der Waals surface area contributed by atoms with Crippen molar-refractivity contribution < 1.29 is 0 Å². The van der Waals surface area contributed by atoms with E-state index in [0.717, 1.165) is 22.3 Å². The predicted octanol–water partition coefficient (Wildman–Crippen LogP) is 4.17. The summed E-state index contributed by atoms with van der Waals surface area (Å²) in [4.78, 5) is 9.91. The van der Waals surface area contributed by atoms with Gasteiger partial charge in [-0.1, -0.05) is 6.07 Å². The molecule has 3 aromatic rings. The van der Waals surface area contributed by atoms with Crippen LogP contribution in [0.5, 0.6) is 0 Å². The molecule has 3 nitrogen and oxygen atoms in total. The van der Waals surface area contributed by atoms with E-state index in [1.54, 1.807) is 11.3 Å². The molecular formula is C15H15N3S. The lowest BCUT2D eigenvalue weighted by Gasteiger charge is -2.14. The monoisotopic (exact) mass is 269 g/mol. The topological polar surface area (TPSA) is 37.8 Å². The maximum absolute atomic E-state index is 4.33. The van der Waals surface area contributed by atoms with Crippen molar-refractivity contribution in [2.45, 2.75) is 19.9 Å². The highest BCUT2D eigenvalue weighted by Gasteiger charge is 2.10. The fourth-order valence-electron chi connectivity index (χ4n) is 2.21. The van der Waals surface area contributed by atoms with Gasteiger partial charge in [-0.25, -0.2) is 4.98 Å². The van der Waals surface area contributed by atoms with Gasteiger partial charge in [-0.2, -0.15) is 0 Å². The van der Waals surface area contributed by atoms with Crippen LogP contribution >= 0.6 is 11.3 Å². The minimum absolute atomic E-state index is 0.265. The van der Waals surface area contributed by atoms with Gasteiger partial charge in [0.15, 0.2) is 0 Å². The second-order valence-corrected chi connectivity index (χ2v) is 5.47. The first-order chi connectivity index (χ1) is 9.24. The molecule has 1 unspecified atom stereocenters. The zero-order valence-corrected chi connectivity index (χ0v) is 11.7. The Hall–Kier alpha value is -1.94. The number of fused-ring (bicyclic) bond motifs is 1. The normalized spacial score (nSPS) is 12.5. The first-order valence-corrected chi connectivity index (χ1v) is 7.13. The Morgan fingerprint density at radius 1 is 1.21 bits per heavy atom. The summed E-state index contributed by atoms with van der Waals surface area (Å²) >= 11 is 1.69. The average Bonchev–Trinajstić information content (AvgIpc) is 2.85. The molecule has 0 saturated heterocycles. The summed E-state index contributed by atoms with van der Waals surface area (Å²) < 4.78 is 0. The average molecular weight is 269 g/mol. The summed E-state index contributed by atoms with van der Waals surface area (Å²) in [5.41, 5.74) is 5.13.